The molecule has 0 aliphatic heterocycles. The maximum absolute atomic E-state index is 9.31. The van der Waals surface area contributed by atoms with Gasteiger partial charge in [-0.15, -0.1) is 0 Å². The van der Waals surface area contributed by atoms with Crippen LogP contribution in [0.25, 0.3) is 0 Å². The number of nitrogens with one attached hydrogen (secondary N) is 1. The Kier molecular flexibility index (Phi) is 2.58. The summed E-state index contributed by atoms with van der Waals surface area (Å²) in [6.07, 6.45) is 1.98. The number of aliphatic hydroxyl groups is 1. The summed E-state index contributed by atoms with van der Waals surface area (Å²) in [4.78, 5) is 0. The molecule has 16 heavy (non-hydrogen) atoms. The van der Waals surface area contributed by atoms with Gasteiger partial charge in [0.2, 0.25) is 0 Å². The number of hydrogen-bond acceptors (Lipinski definition) is 4. The van der Waals surface area contributed by atoms with Gasteiger partial charge in [-0.25, -0.2) is 4.68 Å². The van der Waals surface area contributed by atoms with E-state index in [1.165, 1.54) is 0 Å². The molecule has 1 aliphatic carbocycles. The van der Waals surface area contributed by atoms with Crippen LogP contribution in [-0.4, -0.2) is 27.0 Å². The number of aryl methyl sites for hydroxylation is 1. The minimum absolute atomic E-state index is 0.148. The normalized spacial score (nSPS) is 17.8. The average molecular weight is 224 g/mol. The predicted octanol–water partition coefficient (Wildman–Crippen LogP) is 1.29. The number of hydrogen-bond donors (Lipinski definition) is 3. The van der Waals surface area contributed by atoms with Crippen LogP contribution in [0.5, 0.6) is 0 Å². The Hall–Kier alpha value is -1.23. The van der Waals surface area contributed by atoms with E-state index in [2.05, 4.69) is 24.3 Å². The van der Waals surface area contributed by atoms with Crippen LogP contribution in [0.4, 0.5) is 11.5 Å². The topological polar surface area (TPSA) is 76.1 Å². The van der Waals surface area contributed by atoms with Gasteiger partial charge in [0.1, 0.15) is 5.82 Å². The third-order valence-electron chi connectivity index (χ3n) is 3.16. The van der Waals surface area contributed by atoms with Gasteiger partial charge in [-0.3, -0.25) is 0 Å². The number of rotatable bonds is 4. The van der Waals surface area contributed by atoms with Gasteiger partial charge in [0.25, 0.3) is 0 Å². The standard InChI is InChI=1S/C11H20N4O/c1-7(2)15-10(9(12)8(3)14-15)13-11(6-16)4-5-11/h7,13,16H,4-6,12H2,1-3H3. The van der Waals surface area contributed by atoms with E-state index in [4.69, 9.17) is 5.73 Å². The molecule has 5 nitrogen and oxygen atoms in total. The highest BCUT2D eigenvalue weighted by molar-refractivity contribution is 5.66. The quantitative estimate of drug-likeness (QED) is 0.720. The Morgan fingerprint density at radius 1 is 1.56 bits per heavy atom. The fourth-order valence-electron chi connectivity index (χ4n) is 1.78. The van der Waals surface area contributed by atoms with Gasteiger partial charge in [0, 0.05) is 6.04 Å². The second-order valence-electron chi connectivity index (χ2n) is 4.95. The molecule has 0 bridgehead atoms. The Bertz CT molecular complexity index is 393. The van der Waals surface area contributed by atoms with Crippen LogP contribution < -0.4 is 11.1 Å². The van der Waals surface area contributed by atoms with Crippen LogP contribution in [0, 0.1) is 6.92 Å². The van der Waals surface area contributed by atoms with Crippen LogP contribution in [-0.2, 0) is 0 Å². The number of aromatic nitrogens is 2. The summed E-state index contributed by atoms with van der Waals surface area (Å²) in [5.74, 6) is 0.846. The molecule has 1 aromatic heterocycles. The minimum atomic E-state index is -0.159. The lowest BCUT2D eigenvalue weighted by atomic mass is 10.2. The fourth-order valence-corrected chi connectivity index (χ4v) is 1.78. The highest BCUT2D eigenvalue weighted by atomic mass is 16.3. The first-order valence-corrected chi connectivity index (χ1v) is 5.73. The molecule has 4 N–H and O–H groups in total. The van der Waals surface area contributed by atoms with Crippen LogP contribution in [0.15, 0.2) is 0 Å². The maximum atomic E-state index is 9.31. The average Bonchev–Trinajstić information content (AvgIpc) is 2.96. The molecule has 0 spiro atoms. The van der Waals surface area contributed by atoms with Crippen molar-refractivity contribution in [1.82, 2.24) is 9.78 Å². The van der Waals surface area contributed by atoms with Crippen molar-refractivity contribution in [1.29, 1.82) is 0 Å². The molecular weight excluding hydrogens is 204 g/mol. The first-order valence-electron chi connectivity index (χ1n) is 5.73. The summed E-state index contributed by atoms with van der Waals surface area (Å²) >= 11 is 0. The van der Waals surface area contributed by atoms with E-state index in [1.54, 1.807) is 0 Å². The molecule has 0 atom stereocenters. The molecule has 1 heterocycles. The summed E-state index contributed by atoms with van der Waals surface area (Å²) < 4.78 is 1.89. The molecule has 0 saturated heterocycles. The van der Waals surface area contributed by atoms with Crippen molar-refractivity contribution in [2.75, 3.05) is 17.7 Å². The second kappa shape index (κ2) is 3.66. The van der Waals surface area contributed by atoms with E-state index in [1.807, 2.05) is 11.6 Å². The largest absolute Gasteiger partial charge is 0.394 e. The van der Waals surface area contributed by atoms with Crippen LogP contribution in [0.3, 0.4) is 0 Å². The lowest BCUT2D eigenvalue weighted by Gasteiger charge is -2.19. The maximum Gasteiger partial charge on any atom is 0.148 e. The molecule has 1 aromatic rings. The molecule has 1 saturated carbocycles. The van der Waals surface area contributed by atoms with Crippen LogP contribution >= 0.6 is 0 Å². The zero-order valence-electron chi connectivity index (χ0n) is 10.1. The van der Waals surface area contributed by atoms with Gasteiger partial charge in [0.15, 0.2) is 0 Å². The van der Waals surface area contributed by atoms with Crippen molar-refractivity contribution in [3.63, 3.8) is 0 Å². The second-order valence-corrected chi connectivity index (χ2v) is 4.95. The Balaban J connectivity index is 2.31. The highest BCUT2D eigenvalue weighted by Gasteiger charge is 2.43. The van der Waals surface area contributed by atoms with E-state index >= 15 is 0 Å². The van der Waals surface area contributed by atoms with Crippen LogP contribution in [0.1, 0.15) is 38.4 Å². The number of nitrogens with zero attached hydrogens (tertiary/aromatic N) is 2. The first kappa shape index (κ1) is 11.3. The van der Waals surface area contributed by atoms with E-state index in [-0.39, 0.29) is 18.2 Å². The smallest absolute Gasteiger partial charge is 0.148 e. The van der Waals surface area contributed by atoms with E-state index in [9.17, 15) is 5.11 Å². The molecule has 0 radical (unpaired) electrons. The molecular formula is C11H20N4O. The Morgan fingerprint density at radius 3 is 2.62 bits per heavy atom. The first-order chi connectivity index (χ1) is 7.49. The zero-order valence-corrected chi connectivity index (χ0v) is 10.1. The van der Waals surface area contributed by atoms with Gasteiger partial charge in [-0.1, -0.05) is 0 Å². The minimum Gasteiger partial charge on any atom is -0.394 e. The van der Waals surface area contributed by atoms with Crippen molar-refractivity contribution in [2.45, 2.75) is 45.2 Å². The van der Waals surface area contributed by atoms with Crippen molar-refractivity contribution < 1.29 is 5.11 Å². The van der Waals surface area contributed by atoms with E-state index < -0.39 is 0 Å². The number of aliphatic hydroxyl groups excluding tert-OH is 1. The van der Waals surface area contributed by atoms with Gasteiger partial charge >= 0.3 is 0 Å². The lowest BCUT2D eigenvalue weighted by molar-refractivity contribution is 0.265. The molecule has 1 aliphatic rings. The Labute approximate surface area is 95.6 Å². The summed E-state index contributed by atoms with van der Waals surface area (Å²) in [5, 5.41) is 17.1. The molecule has 0 aromatic carbocycles. The molecule has 0 unspecified atom stereocenters. The highest BCUT2D eigenvalue weighted by Crippen LogP contribution is 2.40. The molecule has 1 fully saturated rings. The van der Waals surface area contributed by atoms with Crippen LogP contribution in [0.2, 0.25) is 0 Å². The summed E-state index contributed by atoms with van der Waals surface area (Å²) in [5.41, 5.74) is 7.37. The van der Waals surface area contributed by atoms with Crippen molar-refractivity contribution in [3.05, 3.63) is 5.69 Å². The van der Waals surface area contributed by atoms with Gasteiger partial charge < -0.3 is 16.2 Å². The molecule has 2 rings (SSSR count). The molecule has 5 heteroatoms. The van der Waals surface area contributed by atoms with E-state index in [0.29, 0.717) is 5.69 Å². The number of nitrogen functional groups attached to an aromatic ring is 1. The van der Waals surface area contributed by atoms with E-state index in [0.717, 1.165) is 24.4 Å². The summed E-state index contributed by atoms with van der Waals surface area (Å²) in [6, 6.07) is 0.257. The van der Waals surface area contributed by atoms with Crippen molar-refractivity contribution in [2.24, 2.45) is 0 Å². The predicted molar refractivity (Wildman–Crippen MR) is 64.4 cm³/mol. The SMILES string of the molecule is Cc1nn(C(C)C)c(NC2(CO)CC2)c1N. The van der Waals surface area contributed by atoms with Crippen molar-refractivity contribution in [3.8, 4) is 0 Å². The van der Waals surface area contributed by atoms with Gasteiger partial charge in [-0.2, -0.15) is 5.10 Å². The fraction of sp³-hybridized carbons (Fsp3) is 0.727. The lowest BCUT2D eigenvalue weighted by Crippen LogP contribution is -2.28. The molecule has 90 valence electrons. The summed E-state index contributed by atoms with van der Waals surface area (Å²) in [6.45, 7) is 6.18. The summed E-state index contributed by atoms with van der Waals surface area (Å²) in [7, 11) is 0. The van der Waals surface area contributed by atoms with Crippen molar-refractivity contribution >= 4 is 11.5 Å². The third kappa shape index (κ3) is 1.75. The zero-order chi connectivity index (χ0) is 11.9. The third-order valence-corrected chi connectivity index (χ3v) is 3.16. The number of nitrogens with two attached hydrogens (primary N) is 1. The van der Waals surface area contributed by atoms with Gasteiger partial charge in [-0.05, 0) is 33.6 Å². The molecule has 0 amide bonds. The number of anilines is 2. The monoisotopic (exact) mass is 224 g/mol. The van der Waals surface area contributed by atoms with Gasteiger partial charge in [0.05, 0.1) is 23.5 Å². The Morgan fingerprint density at radius 2 is 2.19 bits per heavy atom.